The predicted molar refractivity (Wildman–Crippen MR) is 116 cm³/mol. The lowest BCUT2D eigenvalue weighted by atomic mass is 10.1. The second-order valence-corrected chi connectivity index (χ2v) is 8.56. The first kappa shape index (κ1) is 21.2. The van der Waals surface area contributed by atoms with E-state index in [4.69, 9.17) is 39.2 Å². The van der Waals surface area contributed by atoms with Crippen molar-refractivity contribution in [1.82, 2.24) is 5.16 Å². The van der Waals surface area contributed by atoms with Crippen molar-refractivity contribution in [3.8, 4) is 11.3 Å². The Balaban J connectivity index is 1.94. The lowest BCUT2D eigenvalue weighted by Gasteiger charge is -2.07. The summed E-state index contributed by atoms with van der Waals surface area (Å²) in [7, 11) is 0. The van der Waals surface area contributed by atoms with Crippen LogP contribution in [-0.4, -0.2) is 23.4 Å². The molecule has 0 atom stereocenters. The number of nitrogens with two attached hydrogens (primary N) is 2. The SMILES string of the molecule is CC(C)CNc1sc(C(=O)c2cc(-c3ccc(Cl)c(Cl)c3)no2)c(N)c1C(N)=O. The molecule has 0 saturated heterocycles. The van der Waals surface area contributed by atoms with Gasteiger partial charge in [0.2, 0.25) is 11.5 Å². The van der Waals surface area contributed by atoms with Crippen molar-refractivity contribution in [3.05, 3.63) is 50.5 Å². The first-order chi connectivity index (χ1) is 13.7. The Morgan fingerprint density at radius 3 is 2.59 bits per heavy atom. The van der Waals surface area contributed by atoms with E-state index in [9.17, 15) is 9.59 Å². The van der Waals surface area contributed by atoms with E-state index in [2.05, 4.69) is 10.5 Å². The molecule has 3 rings (SSSR count). The number of nitrogens with zero attached hydrogens (tertiary/aromatic N) is 1. The maximum Gasteiger partial charge on any atom is 0.253 e. The molecule has 0 aliphatic rings. The summed E-state index contributed by atoms with van der Waals surface area (Å²) in [4.78, 5) is 24.9. The molecule has 3 aromatic rings. The number of ketones is 1. The van der Waals surface area contributed by atoms with Crippen LogP contribution in [0.15, 0.2) is 28.8 Å². The largest absolute Gasteiger partial charge is 0.397 e. The molecule has 0 bridgehead atoms. The molecule has 29 heavy (non-hydrogen) atoms. The van der Waals surface area contributed by atoms with E-state index >= 15 is 0 Å². The molecule has 5 N–H and O–H groups in total. The quantitative estimate of drug-likeness (QED) is 0.446. The summed E-state index contributed by atoms with van der Waals surface area (Å²) in [6.07, 6.45) is 0. The standard InChI is InChI=1S/C19H18Cl2N4O3S/c1-8(2)7-24-19-14(18(23)27)15(22)17(29-19)16(26)13-6-12(25-28-13)9-3-4-10(20)11(21)5-9/h3-6,8,24H,7,22H2,1-2H3,(H2,23,27). The van der Waals surface area contributed by atoms with Gasteiger partial charge in [-0.15, -0.1) is 11.3 Å². The first-order valence-corrected chi connectivity index (χ1v) is 10.2. The third-order valence-electron chi connectivity index (χ3n) is 4.02. The van der Waals surface area contributed by atoms with Crippen LogP contribution in [0.4, 0.5) is 10.7 Å². The second kappa shape index (κ2) is 8.44. The van der Waals surface area contributed by atoms with Crippen LogP contribution in [0.1, 0.15) is 39.6 Å². The topological polar surface area (TPSA) is 124 Å². The molecule has 0 radical (unpaired) electrons. The van der Waals surface area contributed by atoms with Crippen LogP contribution in [0.2, 0.25) is 10.0 Å². The summed E-state index contributed by atoms with van der Waals surface area (Å²) in [6.45, 7) is 4.62. The highest BCUT2D eigenvalue weighted by Crippen LogP contribution is 2.37. The summed E-state index contributed by atoms with van der Waals surface area (Å²) in [5.74, 6) is -0.906. The minimum Gasteiger partial charge on any atom is -0.397 e. The number of hydrogen-bond acceptors (Lipinski definition) is 7. The number of primary amides is 1. The van der Waals surface area contributed by atoms with Crippen molar-refractivity contribution in [2.24, 2.45) is 11.7 Å². The predicted octanol–water partition coefficient (Wildman–Crippen LogP) is 4.69. The maximum atomic E-state index is 12.9. The number of aromatic nitrogens is 1. The average molecular weight is 453 g/mol. The van der Waals surface area contributed by atoms with E-state index in [0.717, 1.165) is 11.3 Å². The van der Waals surface area contributed by atoms with E-state index in [1.165, 1.54) is 6.07 Å². The number of rotatable bonds is 7. The Bertz CT molecular complexity index is 1090. The van der Waals surface area contributed by atoms with Gasteiger partial charge >= 0.3 is 0 Å². The smallest absolute Gasteiger partial charge is 0.253 e. The zero-order chi connectivity index (χ0) is 21.3. The van der Waals surface area contributed by atoms with Crippen LogP contribution in [0.5, 0.6) is 0 Å². The molecule has 2 aromatic heterocycles. The Hall–Kier alpha value is -2.55. The van der Waals surface area contributed by atoms with Crippen molar-refractivity contribution in [2.45, 2.75) is 13.8 Å². The summed E-state index contributed by atoms with van der Waals surface area (Å²) >= 11 is 13.0. The van der Waals surface area contributed by atoms with Crippen LogP contribution in [-0.2, 0) is 0 Å². The molecule has 0 aliphatic carbocycles. The third kappa shape index (κ3) is 4.39. The van der Waals surface area contributed by atoms with Gasteiger partial charge in [-0.2, -0.15) is 0 Å². The molecular weight excluding hydrogens is 435 g/mol. The number of nitrogens with one attached hydrogen (secondary N) is 1. The van der Waals surface area contributed by atoms with Crippen molar-refractivity contribution >= 4 is 56.9 Å². The van der Waals surface area contributed by atoms with Crippen LogP contribution in [0.25, 0.3) is 11.3 Å². The molecule has 10 heteroatoms. The number of carbonyl (C=O) groups excluding carboxylic acids is 2. The highest BCUT2D eigenvalue weighted by Gasteiger charge is 2.27. The van der Waals surface area contributed by atoms with Crippen LogP contribution >= 0.6 is 34.5 Å². The molecule has 0 fully saturated rings. The van der Waals surface area contributed by atoms with Gasteiger partial charge in [0.25, 0.3) is 5.91 Å². The van der Waals surface area contributed by atoms with Crippen LogP contribution in [0.3, 0.4) is 0 Å². The van der Waals surface area contributed by atoms with Gasteiger partial charge in [0.1, 0.15) is 15.6 Å². The minimum atomic E-state index is -0.710. The number of halogens is 2. The van der Waals surface area contributed by atoms with Gasteiger partial charge in [0.05, 0.1) is 21.3 Å². The number of nitrogen functional groups attached to an aromatic ring is 1. The molecule has 0 saturated carbocycles. The van der Waals surface area contributed by atoms with E-state index < -0.39 is 11.7 Å². The van der Waals surface area contributed by atoms with E-state index in [0.29, 0.717) is 38.8 Å². The molecular formula is C19H18Cl2N4O3S. The van der Waals surface area contributed by atoms with Gasteiger partial charge in [-0.3, -0.25) is 9.59 Å². The third-order valence-corrected chi connectivity index (χ3v) is 5.92. The molecule has 1 aromatic carbocycles. The van der Waals surface area contributed by atoms with Gasteiger partial charge in [-0.25, -0.2) is 0 Å². The molecule has 0 aliphatic heterocycles. The summed E-state index contributed by atoms with van der Waals surface area (Å²) in [5, 5.41) is 8.25. The molecule has 1 amide bonds. The fourth-order valence-electron chi connectivity index (χ4n) is 2.56. The van der Waals surface area contributed by atoms with Crippen molar-refractivity contribution in [3.63, 3.8) is 0 Å². The zero-order valence-corrected chi connectivity index (χ0v) is 17.9. The fraction of sp³-hybridized carbons (Fsp3) is 0.211. The average Bonchev–Trinajstić information content (AvgIpc) is 3.26. The van der Waals surface area contributed by atoms with Crippen molar-refractivity contribution < 1.29 is 14.1 Å². The highest BCUT2D eigenvalue weighted by molar-refractivity contribution is 7.19. The van der Waals surface area contributed by atoms with Gasteiger partial charge in [0, 0.05) is 18.2 Å². The lowest BCUT2D eigenvalue weighted by Crippen LogP contribution is -2.16. The normalized spacial score (nSPS) is 11.1. The van der Waals surface area contributed by atoms with E-state index in [1.54, 1.807) is 18.2 Å². The lowest BCUT2D eigenvalue weighted by molar-refractivity contribution is 0.1000. The second-order valence-electron chi connectivity index (χ2n) is 6.72. The zero-order valence-electron chi connectivity index (χ0n) is 15.6. The molecule has 152 valence electrons. The Labute approximate surface area is 181 Å². The molecule has 0 spiro atoms. The number of anilines is 2. The summed E-state index contributed by atoms with van der Waals surface area (Å²) in [5.41, 5.74) is 12.7. The van der Waals surface area contributed by atoms with Gasteiger partial charge in [-0.1, -0.05) is 48.3 Å². The fourth-order valence-corrected chi connectivity index (χ4v) is 3.94. The monoisotopic (exact) mass is 452 g/mol. The number of amides is 1. The Morgan fingerprint density at radius 2 is 1.97 bits per heavy atom. The van der Waals surface area contributed by atoms with Crippen molar-refractivity contribution in [1.29, 1.82) is 0 Å². The van der Waals surface area contributed by atoms with Crippen LogP contribution in [0, 0.1) is 5.92 Å². The molecule has 2 heterocycles. The number of benzene rings is 1. The van der Waals surface area contributed by atoms with Gasteiger partial charge < -0.3 is 21.3 Å². The van der Waals surface area contributed by atoms with Gasteiger partial charge in [-0.05, 0) is 18.1 Å². The highest BCUT2D eigenvalue weighted by atomic mass is 35.5. The molecule has 0 unspecified atom stereocenters. The van der Waals surface area contributed by atoms with E-state index in [1.807, 2.05) is 13.8 Å². The number of carbonyl (C=O) groups is 2. The Kier molecular flexibility index (Phi) is 6.16. The number of hydrogen-bond donors (Lipinski definition) is 3. The minimum absolute atomic E-state index is 0.0197. The summed E-state index contributed by atoms with van der Waals surface area (Å²) in [6, 6.07) is 6.43. The summed E-state index contributed by atoms with van der Waals surface area (Å²) < 4.78 is 5.21. The molecule has 7 nitrogen and oxygen atoms in total. The van der Waals surface area contributed by atoms with E-state index in [-0.39, 0.29) is 21.9 Å². The van der Waals surface area contributed by atoms with Crippen molar-refractivity contribution in [2.75, 3.05) is 17.6 Å². The van der Waals surface area contributed by atoms with Gasteiger partial charge in [0.15, 0.2) is 0 Å². The van der Waals surface area contributed by atoms with Crippen LogP contribution < -0.4 is 16.8 Å². The maximum absolute atomic E-state index is 12.9. The first-order valence-electron chi connectivity index (χ1n) is 8.61. The number of thiophene rings is 1. The Morgan fingerprint density at radius 1 is 1.24 bits per heavy atom.